The van der Waals surface area contributed by atoms with Crippen molar-refractivity contribution in [3.05, 3.63) is 58.4 Å². The van der Waals surface area contributed by atoms with E-state index in [-0.39, 0.29) is 24.1 Å². The quantitative estimate of drug-likeness (QED) is 0.797. The summed E-state index contributed by atoms with van der Waals surface area (Å²) < 4.78 is 44.0. The van der Waals surface area contributed by atoms with Crippen LogP contribution in [0.3, 0.4) is 0 Å². The lowest BCUT2D eigenvalue weighted by atomic mass is 9.95. The van der Waals surface area contributed by atoms with Crippen molar-refractivity contribution in [1.82, 2.24) is 15.2 Å². The summed E-state index contributed by atoms with van der Waals surface area (Å²) in [6, 6.07) is 7.54. The predicted octanol–water partition coefficient (Wildman–Crippen LogP) is 3.47. The zero-order valence-electron chi connectivity index (χ0n) is 16.6. The lowest BCUT2D eigenvalue weighted by Gasteiger charge is -2.38. The van der Waals surface area contributed by atoms with Crippen LogP contribution in [0.25, 0.3) is 0 Å². The molecular weight excluding hydrogens is 383 g/mol. The first-order valence-electron chi connectivity index (χ1n) is 9.37. The molecule has 1 fully saturated rings. The van der Waals surface area contributed by atoms with Crippen molar-refractivity contribution in [2.75, 3.05) is 20.1 Å². The Morgan fingerprint density at radius 3 is 2.48 bits per heavy atom. The first-order chi connectivity index (χ1) is 13.7. The molecule has 1 aromatic heterocycles. The Labute approximate surface area is 167 Å². The molecule has 0 aliphatic carbocycles. The number of hydrogen-bond acceptors (Lipinski definition) is 4. The summed E-state index contributed by atoms with van der Waals surface area (Å²) in [5.41, 5.74) is 2.55. The average molecular weight is 407 g/mol. The molecule has 1 amide bonds. The first kappa shape index (κ1) is 21.1. The van der Waals surface area contributed by atoms with Crippen LogP contribution in [0.4, 0.5) is 13.2 Å². The fourth-order valence-corrected chi connectivity index (χ4v) is 3.45. The number of amides is 1. The van der Waals surface area contributed by atoms with Crippen LogP contribution in [0.15, 0.2) is 30.3 Å². The van der Waals surface area contributed by atoms with Gasteiger partial charge in [-0.2, -0.15) is 13.2 Å². The summed E-state index contributed by atoms with van der Waals surface area (Å²) in [6.07, 6.45) is -4.47. The molecule has 0 bridgehead atoms. The van der Waals surface area contributed by atoms with Crippen molar-refractivity contribution in [1.29, 1.82) is 0 Å². The third-order valence-corrected chi connectivity index (χ3v) is 5.11. The maximum atomic E-state index is 12.8. The van der Waals surface area contributed by atoms with Crippen molar-refractivity contribution in [2.24, 2.45) is 5.92 Å². The van der Waals surface area contributed by atoms with Crippen LogP contribution in [0.5, 0.6) is 5.75 Å². The van der Waals surface area contributed by atoms with Crippen LogP contribution in [0, 0.1) is 19.8 Å². The summed E-state index contributed by atoms with van der Waals surface area (Å²) in [5.74, 6) is 0.708. The van der Waals surface area contributed by atoms with E-state index in [0.29, 0.717) is 5.75 Å². The van der Waals surface area contributed by atoms with Gasteiger partial charge in [0.1, 0.15) is 18.1 Å². The van der Waals surface area contributed by atoms with E-state index in [2.05, 4.69) is 15.2 Å². The molecule has 0 radical (unpaired) electrons. The topological polar surface area (TPSA) is 54.5 Å². The van der Waals surface area contributed by atoms with Gasteiger partial charge in [0.05, 0.1) is 11.6 Å². The van der Waals surface area contributed by atoms with E-state index in [9.17, 15) is 18.0 Å². The number of hydrogen-bond donors (Lipinski definition) is 1. The highest BCUT2D eigenvalue weighted by Gasteiger charge is 2.33. The van der Waals surface area contributed by atoms with Crippen LogP contribution in [-0.4, -0.2) is 35.9 Å². The molecule has 1 aliphatic rings. The van der Waals surface area contributed by atoms with Crippen LogP contribution in [0.1, 0.15) is 28.1 Å². The largest absolute Gasteiger partial charge is 0.487 e. The van der Waals surface area contributed by atoms with Gasteiger partial charge in [-0.05, 0) is 54.8 Å². The Kier molecular flexibility index (Phi) is 6.12. The maximum absolute atomic E-state index is 12.8. The number of carbonyl (C=O) groups excluding carboxylic acids is 1. The molecule has 8 heteroatoms. The van der Waals surface area contributed by atoms with Crippen molar-refractivity contribution >= 4 is 5.91 Å². The Balaban J connectivity index is 1.62. The highest BCUT2D eigenvalue weighted by atomic mass is 19.4. The molecule has 1 N–H and O–H groups in total. The Bertz CT molecular complexity index is 870. The zero-order chi connectivity index (χ0) is 21.2. The minimum Gasteiger partial charge on any atom is -0.487 e. The minimum absolute atomic E-state index is 0.0396. The van der Waals surface area contributed by atoms with Gasteiger partial charge in [0.25, 0.3) is 0 Å². The number of nitrogens with zero attached hydrogens (tertiary/aromatic N) is 2. The number of carbonyl (C=O) groups is 1. The third-order valence-electron chi connectivity index (χ3n) is 5.11. The van der Waals surface area contributed by atoms with Gasteiger partial charge in [0.2, 0.25) is 5.91 Å². The molecule has 2 aromatic rings. The van der Waals surface area contributed by atoms with Gasteiger partial charge in [-0.15, -0.1) is 0 Å². The fraction of sp³-hybridized carbons (Fsp3) is 0.429. The average Bonchev–Trinajstić information content (AvgIpc) is 2.63. The summed E-state index contributed by atoms with van der Waals surface area (Å²) in [5, 5.41) is 2.67. The number of rotatable bonds is 6. The van der Waals surface area contributed by atoms with Gasteiger partial charge in [0.15, 0.2) is 0 Å². The normalized spacial score (nSPS) is 15.1. The highest BCUT2D eigenvalue weighted by Crippen LogP contribution is 2.29. The molecule has 5 nitrogen and oxygen atoms in total. The standard InChI is InChI=1S/C21H24F3N3O2/c1-13-7-17(29-12-16-5-4-6-19(26-16)21(22,23)24)8-14(2)18(13)11-27-9-15(10-27)20(28)25-3/h4-8,15H,9-12H2,1-3H3,(H,25,28). The number of aryl methyl sites for hydroxylation is 2. The second-order valence-corrected chi connectivity index (χ2v) is 7.34. The van der Waals surface area contributed by atoms with Crippen LogP contribution in [-0.2, 0) is 24.1 Å². The monoisotopic (exact) mass is 407 g/mol. The van der Waals surface area contributed by atoms with E-state index in [1.54, 1.807) is 7.05 Å². The first-order valence-corrected chi connectivity index (χ1v) is 9.37. The predicted molar refractivity (Wildman–Crippen MR) is 102 cm³/mol. The van der Waals surface area contributed by atoms with Gasteiger partial charge in [-0.25, -0.2) is 4.98 Å². The van der Waals surface area contributed by atoms with Gasteiger partial charge >= 0.3 is 6.18 Å². The SMILES string of the molecule is CNC(=O)C1CN(Cc2c(C)cc(OCc3cccc(C(F)(F)F)n3)cc2C)C1. The van der Waals surface area contributed by atoms with E-state index in [1.165, 1.54) is 17.7 Å². The number of aromatic nitrogens is 1. The van der Waals surface area contributed by atoms with Crippen molar-refractivity contribution in [3.8, 4) is 5.75 Å². The molecule has 156 valence electrons. The number of nitrogens with one attached hydrogen (secondary N) is 1. The van der Waals surface area contributed by atoms with Crippen molar-refractivity contribution in [3.63, 3.8) is 0 Å². The molecule has 1 saturated heterocycles. The van der Waals surface area contributed by atoms with E-state index in [0.717, 1.165) is 36.8 Å². The van der Waals surface area contributed by atoms with Gasteiger partial charge in [-0.1, -0.05) is 6.07 Å². The van der Waals surface area contributed by atoms with E-state index >= 15 is 0 Å². The number of alkyl halides is 3. The van der Waals surface area contributed by atoms with Crippen LogP contribution >= 0.6 is 0 Å². The second kappa shape index (κ2) is 8.41. The molecule has 29 heavy (non-hydrogen) atoms. The maximum Gasteiger partial charge on any atom is 0.433 e. The lowest BCUT2D eigenvalue weighted by molar-refractivity contribution is -0.141. The Morgan fingerprint density at radius 1 is 1.24 bits per heavy atom. The molecular formula is C21H24F3N3O2. The number of benzene rings is 1. The Morgan fingerprint density at radius 2 is 1.90 bits per heavy atom. The van der Waals surface area contributed by atoms with Crippen LogP contribution < -0.4 is 10.1 Å². The molecule has 3 rings (SSSR count). The second-order valence-electron chi connectivity index (χ2n) is 7.34. The molecule has 2 heterocycles. The highest BCUT2D eigenvalue weighted by molar-refractivity contribution is 5.79. The molecule has 0 atom stereocenters. The smallest absolute Gasteiger partial charge is 0.433 e. The number of likely N-dealkylation sites (tertiary alicyclic amines) is 1. The molecule has 1 aliphatic heterocycles. The Hall–Kier alpha value is -2.61. The lowest BCUT2D eigenvalue weighted by Crippen LogP contribution is -2.52. The van der Waals surface area contributed by atoms with Crippen molar-refractivity contribution in [2.45, 2.75) is 33.2 Å². The minimum atomic E-state index is -4.47. The molecule has 0 spiro atoms. The summed E-state index contributed by atoms with van der Waals surface area (Å²) in [4.78, 5) is 17.4. The summed E-state index contributed by atoms with van der Waals surface area (Å²) in [6.45, 7) is 6.14. The molecule has 0 unspecified atom stereocenters. The zero-order valence-corrected chi connectivity index (χ0v) is 16.6. The summed E-state index contributed by atoms with van der Waals surface area (Å²) >= 11 is 0. The van der Waals surface area contributed by atoms with Gasteiger partial charge in [0, 0.05) is 26.7 Å². The number of pyridine rings is 1. The third kappa shape index (κ3) is 5.06. The van der Waals surface area contributed by atoms with Gasteiger partial charge < -0.3 is 10.1 Å². The van der Waals surface area contributed by atoms with E-state index in [4.69, 9.17) is 4.74 Å². The number of halogens is 3. The van der Waals surface area contributed by atoms with E-state index < -0.39 is 11.9 Å². The fourth-order valence-electron chi connectivity index (χ4n) is 3.45. The number of ether oxygens (including phenoxy) is 1. The van der Waals surface area contributed by atoms with Crippen molar-refractivity contribution < 1.29 is 22.7 Å². The summed E-state index contributed by atoms with van der Waals surface area (Å²) in [7, 11) is 1.65. The van der Waals surface area contributed by atoms with E-state index in [1.807, 2.05) is 26.0 Å². The molecule has 1 aromatic carbocycles. The molecule has 0 saturated carbocycles. The van der Waals surface area contributed by atoms with Crippen LogP contribution in [0.2, 0.25) is 0 Å². The van der Waals surface area contributed by atoms with Gasteiger partial charge in [-0.3, -0.25) is 9.69 Å².